The Morgan fingerprint density at radius 1 is 0.403 bits per heavy atom. The molecular weight excluding hydrogens is 978 g/mol. The van der Waals surface area contributed by atoms with Gasteiger partial charge in [-0.05, 0) is 135 Å². The molecule has 3 N–H and O–H groups in total. The number of esters is 2. The lowest BCUT2D eigenvalue weighted by molar-refractivity contribution is -0.161. The summed E-state index contributed by atoms with van der Waals surface area (Å²) in [5, 5.41) is 0. The van der Waals surface area contributed by atoms with Crippen molar-refractivity contribution in [1.82, 2.24) is 0 Å². The van der Waals surface area contributed by atoms with Crippen molar-refractivity contribution in [3.8, 4) is 0 Å². The molecule has 0 aromatic rings. The van der Waals surface area contributed by atoms with Crippen molar-refractivity contribution in [3.05, 3.63) is 170 Å². The van der Waals surface area contributed by atoms with Gasteiger partial charge < -0.3 is 20.1 Å². The monoisotopic (exact) mass is 1080 g/mol. The van der Waals surface area contributed by atoms with E-state index in [1.165, 1.54) is 25.7 Å². The molecule has 0 rings (SSSR count). The van der Waals surface area contributed by atoms with Gasteiger partial charge in [-0.25, -0.2) is 4.57 Å². The second-order valence-electron chi connectivity index (χ2n) is 18.8. The van der Waals surface area contributed by atoms with Crippen LogP contribution in [-0.4, -0.2) is 49.3 Å². The average Bonchev–Trinajstić information content (AvgIpc) is 3.42. The van der Waals surface area contributed by atoms with Gasteiger partial charge in [0.05, 0.1) is 13.2 Å². The van der Waals surface area contributed by atoms with Crippen LogP contribution in [0.25, 0.3) is 0 Å². The first-order valence-electron chi connectivity index (χ1n) is 29.6. The van der Waals surface area contributed by atoms with E-state index >= 15 is 0 Å². The quantitative estimate of drug-likeness (QED) is 0.0264. The zero-order valence-electron chi connectivity index (χ0n) is 48.1. The molecule has 2 atom stereocenters. The molecule has 0 fully saturated rings. The smallest absolute Gasteiger partial charge is 0.462 e. The third-order valence-electron chi connectivity index (χ3n) is 11.6. The Labute approximate surface area is 470 Å². The molecule has 10 heteroatoms. The molecule has 0 saturated heterocycles. The van der Waals surface area contributed by atoms with Crippen molar-refractivity contribution in [3.63, 3.8) is 0 Å². The fraction of sp³-hybridized carbons (Fsp3) is 0.552. The minimum Gasteiger partial charge on any atom is -0.462 e. The minimum absolute atomic E-state index is 0.0379. The van der Waals surface area contributed by atoms with Gasteiger partial charge in [-0.1, -0.05) is 229 Å². The Kier molecular flexibility index (Phi) is 57.0. The van der Waals surface area contributed by atoms with Crippen molar-refractivity contribution in [1.29, 1.82) is 0 Å². The summed E-state index contributed by atoms with van der Waals surface area (Å²) in [6.45, 7) is 3.52. The first-order valence-corrected chi connectivity index (χ1v) is 31.1. The Balaban J connectivity index is 4.08. The van der Waals surface area contributed by atoms with E-state index in [2.05, 4.69) is 184 Å². The Morgan fingerprint density at radius 3 is 1.06 bits per heavy atom. The molecule has 0 aromatic carbocycles. The van der Waals surface area contributed by atoms with E-state index in [0.717, 1.165) is 141 Å². The van der Waals surface area contributed by atoms with Gasteiger partial charge in [-0.3, -0.25) is 18.6 Å². The molecule has 77 heavy (non-hydrogen) atoms. The van der Waals surface area contributed by atoms with Gasteiger partial charge in [0.1, 0.15) is 6.61 Å². The highest BCUT2D eigenvalue weighted by molar-refractivity contribution is 7.47. The van der Waals surface area contributed by atoms with Crippen LogP contribution in [0.2, 0.25) is 0 Å². The number of allylic oxidation sites excluding steroid dienone is 28. The third kappa shape index (κ3) is 60.5. The number of ether oxygens (including phenoxy) is 2. The standard InChI is InChI=1S/C67H106NO8P/c1-3-5-7-9-11-13-15-17-19-20-21-22-23-24-25-26-27-28-29-30-31-32-33-34-35-36-37-38-39-40-41-42-43-44-46-48-50-52-54-56-58-60-67(70)76-65(64-75-77(71,72)74-62-61-68)63-73-66(69)59-57-55-53-51-49-47-45-18-16-14-12-10-8-6-4-2/h5,7,11-14,17-19,21-22,24-25,27-28,30-31,33-34,36-37,39-40,42-43,45-46,48,65H,3-4,6,8-10,15-16,20,23,26,29,32,35,38,41,44,47,49-64,68H2,1-2H3,(H,71,72)/b7-5-,13-11-,14-12-,19-17-,22-21-,25-24-,28-27-,31-30-,34-33-,37-36-,40-39-,43-42-,45-18-,48-46-. The van der Waals surface area contributed by atoms with Crippen molar-refractivity contribution in [2.24, 2.45) is 5.73 Å². The lowest BCUT2D eigenvalue weighted by Crippen LogP contribution is -2.29. The molecular formula is C67H106NO8P. The fourth-order valence-corrected chi connectivity index (χ4v) is 8.00. The van der Waals surface area contributed by atoms with Crippen LogP contribution >= 0.6 is 7.82 Å². The first kappa shape index (κ1) is 72.4. The van der Waals surface area contributed by atoms with Crippen LogP contribution in [0.15, 0.2) is 170 Å². The number of unbranched alkanes of at least 4 members (excludes halogenated alkanes) is 12. The van der Waals surface area contributed by atoms with Crippen molar-refractivity contribution in [2.75, 3.05) is 26.4 Å². The number of hydrogen-bond acceptors (Lipinski definition) is 8. The van der Waals surface area contributed by atoms with E-state index in [9.17, 15) is 19.0 Å². The summed E-state index contributed by atoms with van der Waals surface area (Å²) >= 11 is 0. The van der Waals surface area contributed by atoms with Gasteiger partial charge in [0, 0.05) is 19.4 Å². The summed E-state index contributed by atoms with van der Waals surface area (Å²) in [5.74, 6) is -0.888. The largest absolute Gasteiger partial charge is 0.472 e. The van der Waals surface area contributed by atoms with Gasteiger partial charge in [-0.2, -0.15) is 0 Å². The zero-order valence-corrected chi connectivity index (χ0v) is 49.0. The van der Waals surface area contributed by atoms with Gasteiger partial charge in [0.2, 0.25) is 0 Å². The molecule has 0 aliphatic rings. The van der Waals surface area contributed by atoms with Crippen LogP contribution in [0.1, 0.15) is 206 Å². The molecule has 0 saturated carbocycles. The van der Waals surface area contributed by atoms with E-state index in [1.807, 2.05) is 0 Å². The molecule has 0 aliphatic carbocycles. The van der Waals surface area contributed by atoms with Crippen molar-refractivity contribution < 1.29 is 37.6 Å². The lowest BCUT2D eigenvalue weighted by atomic mass is 10.1. The highest BCUT2D eigenvalue weighted by atomic mass is 31.2. The molecule has 0 aliphatic heterocycles. The number of phosphoric ester groups is 1. The molecule has 0 amide bonds. The third-order valence-corrected chi connectivity index (χ3v) is 12.6. The number of rotatable bonds is 53. The van der Waals surface area contributed by atoms with Gasteiger partial charge in [-0.15, -0.1) is 0 Å². The van der Waals surface area contributed by atoms with Crippen LogP contribution in [0.3, 0.4) is 0 Å². The molecule has 0 spiro atoms. The summed E-state index contributed by atoms with van der Waals surface area (Å²) in [4.78, 5) is 35.1. The predicted octanol–water partition coefficient (Wildman–Crippen LogP) is 19.1. The molecule has 9 nitrogen and oxygen atoms in total. The molecule has 0 radical (unpaired) electrons. The first-order chi connectivity index (χ1) is 37.8. The number of carbonyl (C=O) groups is 2. The number of carbonyl (C=O) groups excluding carboxylic acids is 2. The van der Waals surface area contributed by atoms with Gasteiger partial charge >= 0.3 is 19.8 Å². The number of nitrogens with two attached hydrogens (primary N) is 1. The van der Waals surface area contributed by atoms with E-state index in [4.69, 9.17) is 24.3 Å². The maximum absolute atomic E-state index is 12.7. The zero-order chi connectivity index (χ0) is 55.9. The maximum atomic E-state index is 12.7. The van der Waals surface area contributed by atoms with Crippen LogP contribution < -0.4 is 5.73 Å². The van der Waals surface area contributed by atoms with E-state index in [0.29, 0.717) is 12.8 Å². The van der Waals surface area contributed by atoms with E-state index in [1.54, 1.807) is 0 Å². The Hall–Kier alpha value is -4.63. The molecule has 0 aromatic heterocycles. The second-order valence-corrected chi connectivity index (χ2v) is 20.2. The lowest BCUT2D eigenvalue weighted by Gasteiger charge is -2.19. The molecule has 432 valence electrons. The second kappa shape index (κ2) is 60.6. The SMILES string of the molecule is CC/C=C\C/C=C\C/C=C\C/C=C\C/C=C\C/C=C\C/C=C\C/C=C\C/C=C\C/C=C\C/C=C\C/C=C\CCCCCCC(=O)OC(COC(=O)CCCCCCC/C=C\C/C=C\CCCCC)COP(=O)(O)OCCN. The highest BCUT2D eigenvalue weighted by Gasteiger charge is 2.26. The van der Waals surface area contributed by atoms with Gasteiger partial charge in [0.15, 0.2) is 6.10 Å². The van der Waals surface area contributed by atoms with Crippen LogP contribution in [0.5, 0.6) is 0 Å². The van der Waals surface area contributed by atoms with E-state index < -0.39 is 32.5 Å². The van der Waals surface area contributed by atoms with Crippen molar-refractivity contribution >= 4 is 19.8 Å². The highest BCUT2D eigenvalue weighted by Crippen LogP contribution is 2.43. The molecule has 0 heterocycles. The molecule has 0 bridgehead atoms. The summed E-state index contributed by atoms with van der Waals surface area (Å²) < 4.78 is 32.9. The molecule has 2 unspecified atom stereocenters. The van der Waals surface area contributed by atoms with Crippen LogP contribution in [0, 0.1) is 0 Å². The summed E-state index contributed by atoms with van der Waals surface area (Å²) in [6, 6.07) is 0. The predicted molar refractivity (Wildman–Crippen MR) is 329 cm³/mol. The van der Waals surface area contributed by atoms with Crippen LogP contribution in [0.4, 0.5) is 0 Å². The topological polar surface area (TPSA) is 134 Å². The summed E-state index contributed by atoms with van der Waals surface area (Å²) in [7, 11) is -4.41. The van der Waals surface area contributed by atoms with Crippen molar-refractivity contribution in [2.45, 2.75) is 213 Å². The number of phosphoric acid groups is 1. The normalized spacial score (nSPS) is 14.3. The number of hydrogen-bond donors (Lipinski definition) is 2. The minimum atomic E-state index is -4.41. The van der Waals surface area contributed by atoms with E-state index in [-0.39, 0.29) is 32.6 Å². The van der Waals surface area contributed by atoms with Gasteiger partial charge in [0.25, 0.3) is 0 Å². The van der Waals surface area contributed by atoms with Crippen LogP contribution in [-0.2, 0) is 32.7 Å². The Bertz CT molecular complexity index is 1860. The average molecular weight is 1080 g/mol. The summed E-state index contributed by atoms with van der Waals surface area (Å²) in [5.41, 5.74) is 5.37. The fourth-order valence-electron chi connectivity index (χ4n) is 7.23. The Morgan fingerprint density at radius 2 is 0.714 bits per heavy atom. The summed E-state index contributed by atoms with van der Waals surface area (Å²) in [6.07, 6.45) is 89.9. The maximum Gasteiger partial charge on any atom is 0.472 e.